The first-order chi connectivity index (χ1) is 9.42. The summed E-state index contributed by atoms with van der Waals surface area (Å²) in [6.45, 7) is 5.78. The van der Waals surface area contributed by atoms with E-state index in [1.807, 2.05) is 19.0 Å². The number of thiophene rings is 1. The van der Waals surface area contributed by atoms with Crippen molar-refractivity contribution in [2.24, 2.45) is 0 Å². The average molecular weight is 295 g/mol. The number of likely N-dealkylation sites (N-methyl/N-ethyl adjacent to an activating group) is 1. The second kappa shape index (κ2) is 6.14. The van der Waals surface area contributed by atoms with Crippen LogP contribution in [0, 0.1) is 0 Å². The molecule has 2 rings (SSSR count). The summed E-state index contributed by atoms with van der Waals surface area (Å²) in [5.74, 6) is 0. The summed E-state index contributed by atoms with van der Waals surface area (Å²) in [6, 6.07) is 4.52. The van der Waals surface area contributed by atoms with Gasteiger partial charge in [-0.15, -0.1) is 11.3 Å². The lowest BCUT2D eigenvalue weighted by molar-refractivity contribution is 0.167. The highest BCUT2D eigenvalue weighted by molar-refractivity contribution is 7.10. The quantitative estimate of drug-likeness (QED) is 0.927. The monoisotopic (exact) mass is 295 g/mol. The minimum Gasteiger partial charge on any atom is -0.336 e. The van der Waals surface area contributed by atoms with Crippen molar-refractivity contribution in [3.05, 3.63) is 22.4 Å². The number of carbonyl (C=O) groups excluding carboxylic acids is 1. The highest BCUT2D eigenvalue weighted by Gasteiger charge is 2.31. The van der Waals surface area contributed by atoms with Gasteiger partial charge in [-0.05, 0) is 52.2 Å². The Bertz CT molecular complexity index is 442. The molecule has 2 amide bonds. The number of carbonyl (C=O) groups is 1. The van der Waals surface area contributed by atoms with E-state index in [0.717, 1.165) is 19.4 Å². The average Bonchev–Trinajstić information content (AvgIpc) is 3.05. The van der Waals surface area contributed by atoms with Crippen molar-refractivity contribution in [2.45, 2.75) is 38.3 Å². The summed E-state index contributed by atoms with van der Waals surface area (Å²) in [4.78, 5) is 17.8. The van der Waals surface area contributed by atoms with E-state index in [1.165, 1.54) is 4.88 Å². The predicted molar refractivity (Wildman–Crippen MR) is 84.2 cm³/mol. The van der Waals surface area contributed by atoms with Gasteiger partial charge in [-0.25, -0.2) is 4.79 Å². The maximum atomic E-state index is 12.4. The molecule has 20 heavy (non-hydrogen) atoms. The molecule has 0 bridgehead atoms. The smallest absolute Gasteiger partial charge is 0.318 e. The van der Waals surface area contributed by atoms with Crippen LogP contribution in [0.15, 0.2) is 17.5 Å². The van der Waals surface area contributed by atoms with Gasteiger partial charge >= 0.3 is 6.03 Å². The lowest BCUT2D eigenvalue weighted by atomic mass is 10.0. The molecule has 2 heterocycles. The van der Waals surface area contributed by atoms with E-state index in [-0.39, 0.29) is 17.6 Å². The van der Waals surface area contributed by atoms with Crippen LogP contribution in [-0.2, 0) is 0 Å². The number of nitrogens with zero attached hydrogens (tertiary/aromatic N) is 2. The molecule has 112 valence electrons. The van der Waals surface area contributed by atoms with Crippen LogP contribution in [0.1, 0.15) is 37.6 Å². The van der Waals surface area contributed by atoms with Crippen LogP contribution in [0.2, 0.25) is 0 Å². The third-order valence-electron chi connectivity index (χ3n) is 4.27. The Morgan fingerprint density at radius 2 is 2.30 bits per heavy atom. The van der Waals surface area contributed by atoms with Crippen LogP contribution in [0.4, 0.5) is 4.79 Å². The molecule has 0 spiro atoms. The maximum absolute atomic E-state index is 12.4. The Morgan fingerprint density at radius 1 is 1.55 bits per heavy atom. The minimum absolute atomic E-state index is 0.0339. The van der Waals surface area contributed by atoms with Gasteiger partial charge in [0.05, 0.1) is 6.04 Å². The van der Waals surface area contributed by atoms with Gasteiger partial charge < -0.3 is 15.1 Å². The highest BCUT2D eigenvalue weighted by atomic mass is 32.1. The molecule has 1 aromatic heterocycles. The third kappa shape index (κ3) is 3.33. The second-order valence-electron chi connectivity index (χ2n) is 6.23. The summed E-state index contributed by atoms with van der Waals surface area (Å²) >= 11 is 1.74. The molecule has 1 aliphatic heterocycles. The molecule has 0 saturated carbocycles. The van der Waals surface area contributed by atoms with Crippen molar-refractivity contribution >= 4 is 17.4 Å². The fourth-order valence-electron chi connectivity index (χ4n) is 2.34. The van der Waals surface area contributed by atoms with Gasteiger partial charge in [0.15, 0.2) is 0 Å². The Kier molecular flexibility index (Phi) is 4.70. The lowest BCUT2D eigenvalue weighted by Crippen LogP contribution is -2.51. The summed E-state index contributed by atoms with van der Waals surface area (Å²) in [5, 5.41) is 5.17. The first-order valence-electron chi connectivity index (χ1n) is 7.17. The maximum Gasteiger partial charge on any atom is 0.318 e. The number of hydrogen-bond acceptors (Lipinski definition) is 3. The summed E-state index contributed by atoms with van der Waals surface area (Å²) in [7, 11) is 4.08. The SMILES string of the molecule is CN(C)C(C)(C)CNC(=O)N1CCCC1c1cccs1. The number of hydrogen-bond donors (Lipinski definition) is 1. The minimum atomic E-state index is -0.0339. The van der Waals surface area contributed by atoms with Crippen molar-refractivity contribution in [1.29, 1.82) is 0 Å². The van der Waals surface area contributed by atoms with Gasteiger partial charge in [0, 0.05) is 23.5 Å². The zero-order chi connectivity index (χ0) is 14.8. The first kappa shape index (κ1) is 15.3. The first-order valence-corrected chi connectivity index (χ1v) is 8.05. The van der Waals surface area contributed by atoms with E-state index >= 15 is 0 Å². The Hall–Kier alpha value is -1.07. The van der Waals surface area contributed by atoms with Gasteiger partial charge in [-0.2, -0.15) is 0 Å². The van der Waals surface area contributed by atoms with Crippen molar-refractivity contribution in [1.82, 2.24) is 15.1 Å². The molecule has 0 radical (unpaired) electrons. The van der Waals surface area contributed by atoms with Crippen LogP contribution in [-0.4, -0.2) is 48.6 Å². The summed E-state index contributed by atoms with van der Waals surface area (Å²) < 4.78 is 0. The molecule has 4 nitrogen and oxygen atoms in total. The highest BCUT2D eigenvalue weighted by Crippen LogP contribution is 2.34. The van der Waals surface area contributed by atoms with Crippen LogP contribution in [0.3, 0.4) is 0 Å². The van der Waals surface area contributed by atoms with E-state index < -0.39 is 0 Å². The van der Waals surface area contributed by atoms with Crippen LogP contribution in [0.5, 0.6) is 0 Å². The number of likely N-dealkylation sites (tertiary alicyclic amines) is 1. The number of nitrogens with one attached hydrogen (secondary N) is 1. The Balaban J connectivity index is 1.95. The second-order valence-corrected chi connectivity index (χ2v) is 7.21. The lowest BCUT2D eigenvalue weighted by Gasteiger charge is -2.34. The number of urea groups is 1. The van der Waals surface area contributed by atoms with E-state index in [9.17, 15) is 4.79 Å². The fourth-order valence-corrected chi connectivity index (χ4v) is 3.21. The van der Waals surface area contributed by atoms with Crippen molar-refractivity contribution < 1.29 is 4.79 Å². The molecule has 1 aliphatic rings. The summed E-state index contributed by atoms with van der Waals surface area (Å²) in [6.07, 6.45) is 2.16. The van der Waals surface area contributed by atoms with Crippen molar-refractivity contribution in [3.8, 4) is 0 Å². The molecular weight excluding hydrogens is 270 g/mol. The van der Waals surface area contributed by atoms with E-state index in [0.29, 0.717) is 6.54 Å². The van der Waals surface area contributed by atoms with E-state index in [4.69, 9.17) is 0 Å². The number of rotatable bonds is 4. The third-order valence-corrected chi connectivity index (χ3v) is 5.24. The molecule has 1 aromatic rings. The van der Waals surface area contributed by atoms with Crippen LogP contribution in [0.25, 0.3) is 0 Å². The van der Waals surface area contributed by atoms with Crippen molar-refractivity contribution in [2.75, 3.05) is 27.2 Å². The molecule has 0 aromatic carbocycles. The van der Waals surface area contributed by atoms with Gasteiger partial charge in [0.2, 0.25) is 0 Å². The summed E-state index contributed by atoms with van der Waals surface area (Å²) in [5.41, 5.74) is -0.0339. The van der Waals surface area contributed by atoms with Gasteiger partial charge in [-0.3, -0.25) is 0 Å². The topological polar surface area (TPSA) is 35.6 Å². The van der Waals surface area contributed by atoms with Crippen LogP contribution < -0.4 is 5.32 Å². The van der Waals surface area contributed by atoms with Crippen LogP contribution >= 0.6 is 11.3 Å². The normalized spacial score (nSPS) is 19.6. The molecule has 1 fully saturated rings. The zero-order valence-corrected chi connectivity index (χ0v) is 13.7. The molecule has 1 saturated heterocycles. The molecule has 1 atom stereocenters. The van der Waals surface area contributed by atoms with E-state index in [2.05, 4.69) is 41.6 Å². The molecular formula is C15H25N3OS. The zero-order valence-electron chi connectivity index (χ0n) is 12.8. The molecule has 0 aliphatic carbocycles. The standard InChI is InChI=1S/C15H25N3OS/c1-15(2,17(3)4)11-16-14(19)18-9-5-7-12(18)13-8-6-10-20-13/h6,8,10,12H,5,7,9,11H2,1-4H3,(H,16,19). The van der Waals surface area contributed by atoms with E-state index in [1.54, 1.807) is 11.3 Å². The molecule has 1 N–H and O–H groups in total. The van der Waals surface area contributed by atoms with Gasteiger partial charge in [0.25, 0.3) is 0 Å². The Morgan fingerprint density at radius 3 is 2.90 bits per heavy atom. The molecule has 1 unspecified atom stereocenters. The number of amides is 2. The van der Waals surface area contributed by atoms with Crippen molar-refractivity contribution in [3.63, 3.8) is 0 Å². The molecule has 5 heteroatoms. The largest absolute Gasteiger partial charge is 0.336 e. The van der Waals surface area contributed by atoms with Gasteiger partial charge in [0.1, 0.15) is 0 Å². The van der Waals surface area contributed by atoms with Gasteiger partial charge in [-0.1, -0.05) is 6.07 Å². The Labute approximate surface area is 125 Å². The fraction of sp³-hybridized carbons (Fsp3) is 0.667. The predicted octanol–water partition coefficient (Wildman–Crippen LogP) is 2.93.